The number of urea groups is 1. The van der Waals surface area contributed by atoms with E-state index in [-0.39, 0.29) is 18.5 Å². The van der Waals surface area contributed by atoms with E-state index in [1.165, 1.54) is 0 Å². The summed E-state index contributed by atoms with van der Waals surface area (Å²) in [5.41, 5.74) is 1.57. The first-order chi connectivity index (χ1) is 9.63. The molecule has 0 saturated heterocycles. The quantitative estimate of drug-likeness (QED) is 0.722. The number of carbonyl (C=O) groups excluding carboxylic acids is 1. The van der Waals surface area contributed by atoms with Crippen LogP contribution >= 0.6 is 0 Å². The van der Waals surface area contributed by atoms with Crippen LogP contribution in [0.4, 0.5) is 10.5 Å². The van der Waals surface area contributed by atoms with Gasteiger partial charge in [0.15, 0.2) is 0 Å². The van der Waals surface area contributed by atoms with Crippen LogP contribution in [0.5, 0.6) is 0 Å². The molecule has 2 rings (SSSR count). The van der Waals surface area contributed by atoms with Gasteiger partial charge in [0.25, 0.3) is 0 Å². The molecule has 0 radical (unpaired) electrons. The smallest absolute Gasteiger partial charge is 0.319 e. The molecule has 5 nitrogen and oxygen atoms in total. The van der Waals surface area contributed by atoms with Crippen molar-refractivity contribution >= 4 is 17.7 Å². The maximum absolute atomic E-state index is 11.8. The molecule has 0 aromatic heterocycles. The normalized spacial score (nSPS) is 14.2. The molecule has 2 amide bonds. The molecule has 5 heteroatoms. The van der Waals surface area contributed by atoms with E-state index in [4.69, 9.17) is 5.11 Å². The second-order valence-corrected chi connectivity index (χ2v) is 4.83. The van der Waals surface area contributed by atoms with Crippen molar-refractivity contribution in [1.29, 1.82) is 0 Å². The number of carbonyl (C=O) groups is 2. The van der Waals surface area contributed by atoms with Crippen molar-refractivity contribution in [1.82, 2.24) is 5.32 Å². The minimum Gasteiger partial charge on any atom is -0.481 e. The minimum atomic E-state index is -0.824. The zero-order valence-electron chi connectivity index (χ0n) is 11.1. The van der Waals surface area contributed by atoms with Gasteiger partial charge in [0, 0.05) is 18.2 Å². The van der Waals surface area contributed by atoms with E-state index in [1.807, 2.05) is 12.1 Å². The molecule has 0 unspecified atom stereocenters. The van der Waals surface area contributed by atoms with Crippen LogP contribution in [-0.4, -0.2) is 23.1 Å². The summed E-state index contributed by atoms with van der Waals surface area (Å²) in [6, 6.07) is 7.20. The highest BCUT2D eigenvalue weighted by Gasteiger charge is 2.13. The van der Waals surface area contributed by atoms with Gasteiger partial charge in [0.1, 0.15) is 0 Å². The van der Waals surface area contributed by atoms with Crippen molar-refractivity contribution in [3.05, 3.63) is 42.0 Å². The second kappa shape index (κ2) is 6.75. The number of rotatable bonds is 5. The summed E-state index contributed by atoms with van der Waals surface area (Å²) in [7, 11) is 0. The van der Waals surface area contributed by atoms with E-state index in [0.29, 0.717) is 12.1 Å². The monoisotopic (exact) mass is 274 g/mol. The molecule has 0 aliphatic heterocycles. The van der Waals surface area contributed by atoms with Gasteiger partial charge < -0.3 is 15.7 Å². The number of aliphatic carboxylic acids is 1. The van der Waals surface area contributed by atoms with Crippen LogP contribution in [-0.2, 0) is 11.2 Å². The zero-order valence-corrected chi connectivity index (χ0v) is 11.1. The van der Waals surface area contributed by atoms with Crippen LogP contribution in [0.1, 0.15) is 24.8 Å². The van der Waals surface area contributed by atoms with Crippen LogP contribution in [0.25, 0.3) is 0 Å². The highest BCUT2D eigenvalue weighted by Crippen LogP contribution is 2.13. The van der Waals surface area contributed by atoms with Gasteiger partial charge in [-0.15, -0.1) is 0 Å². The Bertz CT molecular complexity index is 518. The van der Waals surface area contributed by atoms with Crippen molar-refractivity contribution < 1.29 is 14.7 Å². The molecule has 0 fully saturated rings. The first-order valence-corrected chi connectivity index (χ1v) is 6.67. The van der Waals surface area contributed by atoms with Crippen molar-refractivity contribution in [2.75, 3.05) is 5.32 Å². The fourth-order valence-electron chi connectivity index (χ4n) is 2.14. The second-order valence-electron chi connectivity index (χ2n) is 4.83. The number of amides is 2. The Morgan fingerprint density at radius 2 is 2.00 bits per heavy atom. The molecule has 0 bridgehead atoms. The van der Waals surface area contributed by atoms with Crippen molar-refractivity contribution in [2.24, 2.45) is 0 Å². The van der Waals surface area contributed by atoms with E-state index in [9.17, 15) is 9.59 Å². The Balaban J connectivity index is 1.86. The van der Waals surface area contributed by atoms with Gasteiger partial charge >= 0.3 is 12.0 Å². The largest absolute Gasteiger partial charge is 0.481 e. The number of aryl methyl sites for hydroxylation is 1. The Morgan fingerprint density at radius 3 is 2.70 bits per heavy atom. The number of benzene rings is 1. The van der Waals surface area contributed by atoms with Crippen LogP contribution in [0.15, 0.2) is 36.4 Å². The summed E-state index contributed by atoms with van der Waals surface area (Å²) in [6.45, 7) is 0. The Labute approximate surface area is 117 Å². The summed E-state index contributed by atoms with van der Waals surface area (Å²) in [6.07, 6.45) is 6.38. The molecular formula is C15H18N2O3. The van der Waals surface area contributed by atoms with Gasteiger partial charge in [-0.05, 0) is 37.0 Å². The molecule has 1 aliphatic carbocycles. The number of nitrogens with one attached hydrogen (secondary N) is 2. The number of carboxylic acid groups (broad SMARTS) is 1. The summed E-state index contributed by atoms with van der Waals surface area (Å²) in [5.74, 6) is -0.824. The third kappa shape index (κ3) is 4.42. The van der Waals surface area contributed by atoms with E-state index < -0.39 is 5.97 Å². The molecule has 20 heavy (non-hydrogen) atoms. The molecule has 1 aromatic rings. The predicted octanol–water partition coefficient (Wildman–Crippen LogP) is 2.54. The van der Waals surface area contributed by atoms with Crippen molar-refractivity contribution in [3.63, 3.8) is 0 Å². The summed E-state index contributed by atoms with van der Waals surface area (Å²) >= 11 is 0. The molecule has 0 spiro atoms. The molecule has 3 N–H and O–H groups in total. The van der Waals surface area contributed by atoms with Crippen LogP contribution in [0.3, 0.4) is 0 Å². The molecule has 0 atom stereocenters. The van der Waals surface area contributed by atoms with Gasteiger partial charge in [-0.25, -0.2) is 4.79 Å². The summed E-state index contributed by atoms with van der Waals surface area (Å²) in [4.78, 5) is 22.3. The van der Waals surface area contributed by atoms with Gasteiger partial charge in [-0.3, -0.25) is 4.79 Å². The first kappa shape index (κ1) is 14.1. The lowest BCUT2D eigenvalue weighted by Crippen LogP contribution is -2.36. The van der Waals surface area contributed by atoms with E-state index in [1.54, 1.807) is 12.1 Å². The average molecular weight is 274 g/mol. The fraction of sp³-hybridized carbons (Fsp3) is 0.333. The van der Waals surface area contributed by atoms with Gasteiger partial charge in [0.2, 0.25) is 0 Å². The average Bonchev–Trinajstić information content (AvgIpc) is 2.89. The van der Waals surface area contributed by atoms with Crippen molar-refractivity contribution in [2.45, 2.75) is 31.7 Å². The highest BCUT2D eigenvalue weighted by atomic mass is 16.4. The molecule has 1 aromatic carbocycles. The Hall–Kier alpha value is -2.30. The van der Waals surface area contributed by atoms with E-state index in [2.05, 4.69) is 22.8 Å². The number of anilines is 1. The Morgan fingerprint density at radius 1 is 1.25 bits per heavy atom. The summed E-state index contributed by atoms with van der Waals surface area (Å²) < 4.78 is 0. The third-order valence-electron chi connectivity index (χ3n) is 3.16. The van der Waals surface area contributed by atoms with Crippen LogP contribution in [0.2, 0.25) is 0 Å². The maximum atomic E-state index is 11.8. The molecule has 106 valence electrons. The number of hydrogen-bond donors (Lipinski definition) is 3. The van der Waals surface area contributed by atoms with E-state index >= 15 is 0 Å². The minimum absolute atomic E-state index is 0.0867. The summed E-state index contributed by atoms with van der Waals surface area (Å²) in [5, 5.41) is 14.3. The fourth-order valence-corrected chi connectivity index (χ4v) is 2.14. The molecule has 1 aliphatic rings. The van der Waals surface area contributed by atoms with Gasteiger partial charge in [-0.2, -0.15) is 0 Å². The zero-order chi connectivity index (χ0) is 14.4. The lowest BCUT2D eigenvalue weighted by atomic mass is 10.1. The van der Waals surface area contributed by atoms with E-state index in [0.717, 1.165) is 18.4 Å². The molecule has 0 heterocycles. The highest BCUT2D eigenvalue weighted by molar-refractivity contribution is 5.89. The Kier molecular flexibility index (Phi) is 4.76. The molecular weight excluding hydrogens is 256 g/mol. The topological polar surface area (TPSA) is 78.4 Å². The standard InChI is InChI=1S/C15H18N2O3/c18-14(19)9-8-11-4-3-7-13(10-11)17-15(20)16-12-5-1-2-6-12/h1-4,7,10,12H,5-6,8-9H2,(H,18,19)(H2,16,17,20). The number of hydrogen-bond acceptors (Lipinski definition) is 2. The predicted molar refractivity (Wildman–Crippen MR) is 76.7 cm³/mol. The molecule has 0 saturated carbocycles. The lowest BCUT2D eigenvalue weighted by molar-refractivity contribution is -0.136. The van der Waals surface area contributed by atoms with Crippen LogP contribution < -0.4 is 10.6 Å². The van der Waals surface area contributed by atoms with Gasteiger partial charge in [0.05, 0.1) is 0 Å². The SMILES string of the molecule is O=C(O)CCc1cccc(NC(=O)NC2CC=CC2)c1. The first-order valence-electron chi connectivity index (χ1n) is 6.67. The lowest BCUT2D eigenvalue weighted by Gasteiger charge is -2.13. The number of carboxylic acids is 1. The maximum Gasteiger partial charge on any atom is 0.319 e. The third-order valence-corrected chi connectivity index (χ3v) is 3.16. The van der Waals surface area contributed by atoms with Crippen LogP contribution in [0, 0.1) is 0 Å². The van der Waals surface area contributed by atoms with Crippen molar-refractivity contribution in [3.8, 4) is 0 Å². The van der Waals surface area contributed by atoms with Gasteiger partial charge in [-0.1, -0.05) is 24.3 Å².